The summed E-state index contributed by atoms with van der Waals surface area (Å²) < 4.78 is 0. The van der Waals surface area contributed by atoms with Gasteiger partial charge in [-0.25, -0.2) is 9.97 Å². The highest BCUT2D eigenvalue weighted by Crippen LogP contribution is 1.89. The Balaban J connectivity index is 2.31. The third-order valence-corrected chi connectivity index (χ3v) is 1.72. The van der Waals surface area contributed by atoms with Gasteiger partial charge in [-0.05, 0) is 6.07 Å². The molecule has 0 aliphatic heterocycles. The summed E-state index contributed by atoms with van der Waals surface area (Å²) >= 11 is 0. The standard InChI is InChI=1S/C10H13N5/c1-15(9-2-5-11)14-8-4-10-12-6-3-7-13-10/h3,6-8H,2,4,9H2,1H3/b14-8+. The number of nitrogens with zero attached hydrogens (tertiary/aromatic N) is 5. The molecule has 78 valence electrons. The van der Waals surface area contributed by atoms with E-state index in [0.29, 0.717) is 19.4 Å². The van der Waals surface area contributed by atoms with Gasteiger partial charge in [0, 0.05) is 38.6 Å². The van der Waals surface area contributed by atoms with Crippen LogP contribution < -0.4 is 0 Å². The van der Waals surface area contributed by atoms with Crippen LogP contribution in [0.1, 0.15) is 12.2 Å². The highest BCUT2D eigenvalue weighted by atomic mass is 15.4. The molecule has 0 saturated carbocycles. The van der Waals surface area contributed by atoms with Gasteiger partial charge < -0.3 is 0 Å². The lowest BCUT2D eigenvalue weighted by molar-refractivity contribution is 0.364. The number of rotatable bonds is 5. The maximum Gasteiger partial charge on any atom is 0.133 e. The van der Waals surface area contributed by atoms with Crippen LogP contribution >= 0.6 is 0 Å². The molecule has 1 rings (SSSR count). The van der Waals surface area contributed by atoms with Gasteiger partial charge in [-0.3, -0.25) is 5.01 Å². The van der Waals surface area contributed by atoms with Crippen molar-refractivity contribution in [3.8, 4) is 6.07 Å². The highest BCUT2D eigenvalue weighted by molar-refractivity contribution is 5.59. The number of hydrogen-bond donors (Lipinski definition) is 0. The topological polar surface area (TPSA) is 65.2 Å². The molecule has 0 atom stereocenters. The molecule has 5 heteroatoms. The summed E-state index contributed by atoms with van der Waals surface area (Å²) in [4.78, 5) is 8.13. The van der Waals surface area contributed by atoms with Gasteiger partial charge >= 0.3 is 0 Å². The van der Waals surface area contributed by atoms with Crippen molar-refractivity contribution < 1.29 is 0 Å². The molecule has 15 heavy (non-hydrogen) atoms. The van der Waals surface area contributed by atoms with Gasteiger partial charge in [0.2, 0.25) is 0 Å². The second-order valence-electron chi connectivity index (χ2n) is 2.96. The Morgan fingerprint density at radius 3 is 2.93 bits per heavy atom. The molecule has 0 aliphatic rings. The van der Waals surface area contributed by atoms with Crippen molar-refractivity contribution in [2.75, 3.05) is 13.6 Å². The molecule has 0 fully saturated rings. The zero-order valence-electron chi connectivity index (χ0n) is 8.67. The molecule has 1 heterocycles. The zero-order chi connectivity index (χ0) is 10.9. The largest absolute Gasteiger partial charge is 0.299 e. The number of hydrogen-bond acceptors (Lipinski definition) is 5. The Morgan fingerprint density at radius 2 is 2.27 bits per heavy atom. The minimum Gasteiger partial charge on any atom is -0.299 e. The van der Waals surface area contributed by atoms with Gasteiger partial charge in [0.1, 0.15) is 5.82 Å². The van der Waals surface area contributed by atoms with E-state index < -0.39 is 0 Å². The van der Waals surface area contributed by atoms with Crippen LogP contribution in [0.15, 0.2) is 23.6 Å². The van der Waals surface area contributed by atoms with Gasteiger partial charge in [-0.15, -0.1) is 0 Å². The van der Waals surface area contributed by atoms with Crippen LogP contribution in [0, 0.1) is 11.3 Å². The van der Waals surface area contributed by atoms with Crippen LogP contribution in [-0.2, 0) is 6.42 Å². The molecule has 0 unspecified atom stereocenters. The average Bonchev–Trinajstić information content (AvgIpc) is 2.28. The molecular weight excluding hydrogens is 190 g/mol. The monoisotopic (exact) mass is 203 g/mol. The van der Waals surface area contributed by atoms with Crippen LogP contribution in [-0.4, -0.2) is 34.8 Å². The molecule has 1 aromatic heterocycles. The first-order chi connectivity index (χ1) is 7.33. The summed E-state index contributed by atoms with van der Waals surface area (Å²) in [5.74, 6) is 0.745. The fraction of sp³-hybridized carbons (Fsp3) is 0.400. The molecule has 0 amide bonds. The lowest BCUT2D eigenvalue weighted by Crippen LogP contribution is -2.12. The Kier molecular flexibility index (Phi) is 4.81. The Labute approximate surface area is 89.1 Å². The quantitative estimate of drug-likeness (QED) is 0.525. The van der Waals surface area contributed by atoms with Crippen molar-refractivity contribution in [1.82, 2.24) is 15.0 Å². The number of aromatic nitrogens is 2. The molecule has 0 aromatic carbocycles. The third kappa shape index (κ3) is 4.72. The lowest BCUT2D eigenvalue weighted by Gasteiger charge is -2.08. The molecule has 1 aromatic rings. The summed E-state index contributed by atoms with van der Waals surface area (Å²) in [6.45, 7) is 0.642. The van der Waals surface area contributed by atoms with Crippen LogP contribution in [0.5, 0.6) is 0 Å². The van der Waals surface area contributed by atoms with Crippen molar-refractivity contribution in [2.24, 2.45) is 5.10 Å². The summed E-state index contributed by atoms with van der Waals surface area (Å²) in [6.07, 6.45) is 6.24. The van der Waals surface area contributed by atoms with Crippen molar-refractivity contribution in [3.05, 3.63) is 24.3 Å². The smallest absolute Gasteiger partial charge is 0.133 e. The predicted molar refractivity (Wildman–Crippen MR) is 57.1 cm³/mol. The summed E-state index contributed by atoms with van der Waals surface area (Å²) in [5, 5.41) is 14.2. The van der Waals surface area contributed by atoms with Crippen LogP contribution in [0.4, 0.5) is 0 Å². The highest BCUT2D eigenvalue weighted by Gasteiger charge is 1.92. The van der Waals surface area contributed by atoms with E-state index >= 15 is 0 Å². The van der Waals surface area contributed by atoms with Gasteiger partial charge in [0.05, 0.1) is 12.5 Å². The summed E-state index contributed by atoms with van der Waals surface area (Å²) in [6, 6.07) is 3.84. The van der Waals surface area contributed by atoms with E-state index in [1.807, 2.05) is 7.05 Å². The van der Waals surface area contributed by atoms with Crippen molar-refractivity contribution in [2.45, 2.75) is 12.8 Å². The zero-order valence-corrected chi connectivity index (χ0v) is 8.67. The molecule has 0 spiro atoms. The first-order valence-corrected chi connectivity index (χ1v) is 4.69. The molecule has 0 bridgehead atoms. The molecule has 0 radical (unpaired) electrons. The molecule has 0 aliphatic carbocycles. The molecular formula is C10H13N5. The minimum absolute atomic E-state index is 0.482. The fourth-order valence-electron chi connectivity index (χ4n) is 0.967. The first-order valence-electron chi connectivity index (χ1n) is 4.69. The normalized spacial score (nSPS) is 10.1. The Morgan fingerprint density at radius 1 is 1.53 bits per heavy atom. The van der Waals surface area contributed by atoms with E-state index in [9.17, 15) is 0 Å². The Hall–Kier alpha value is -1.96. The Bertz CT molecular complexity index is 341. The van der Waals surface area contributed by atoms with Gasteiger partial charge in [0.25, 0.3) is 0 Å². The number of hydrazone groups is 1. The van der Waals surface area contributed by atoms with E-state index in [0.717, 1.165) is 5.82 Å². The van der Waals surface area contributed by atoms with Crippen LogP contribution in [0.3, 0.4) is 0 Å². The molecule has 0 N–H and O–H groups in total. The maximum absolute atomic E-state index is 8.37. The van der Waals surface area contributed by atoms with E-state index in [1.54, 1.807) is 29.7 Å². The summed E-state index contributed by atoms with van der Waals surface area (Å²) in [5.41, 5.74) is 0. The molecule has 5 nitrogen and oxygen atoms in total. The van der Waals surface area contributed by atoms with Crippen molar-refractivity contribution in [1.29, 1.82) is 5.26 Å². The third-order valence-electron chi connectivity index (χ3n) is 1.72. The SMILES string of the molecule is CN(CCC#N)/N=C/Cc1ncccn1. The van der Waals surface area contributed by atoms with Gasteiger partial charge in [0.15, 0.2) is 0 Å². The second kappa shape index (κ2) is 6.49. The van der Waals surface area contributed by atoms with Crippen LogP contribution in [0.2, 0.25) is 0 Å². The maximum atomic E-state index is 8.37. The molecule has 0 saturated heterocycles. The summed E-state index contributed by atoms with van der Waals surface area (Å²) in [7, 11) is 1.83. The predicted octanol–water partition coefficient (Wildman–Crippen LogP) is 0.850. The van der Waals surface area contributed by atoms with E-state index in [-0.39, 0.29) is 0 Å². The first kappa shape index (κ1) is 11.1. The van der Waals surface area contributed by atoms with Crippen LogP contribution in [0.25, 0.3) is 0 Å². The lowest BCUT2D eigenvalue weighted by atomic mass is 10.4. The fourth-order valence-corrected chi connectivity index (χ4v) is 0.967. The van der Waals surface area contributed by atoms with E-state index in [4.69, 9.17) is 5.26 Å². The van der Waals surface area contributed by atoms with E-state index in [2.05, 4.69) is 21.1 Å². The average molecular weight is 203 g/mol. The second-order valence-corrected chi connectivity index (χ2v) is 2.96. The van der Waals surface area contributed by atoms with E-state index in [1.165, 1.54) is 0 Å². The van der Waals surface area contributed by atoms with Gasteiger partial charge in [-0.2, -0.15) is 10.4 Å². The number of nitriles is 1. The van der Waals surface area contributed by atoms with Gasteiger partial charge in [-0.1, -0.05) is 0 Å². The van der Waals surface area contributed by atoms with Crippen molar-refractivity contribution in [3.63, 3.8) is 0 Å². The van der Waals surface area contributed by atoms with Crippen molar-refractivity contribution >= 4 is 6.21 Å². The minimum atomic E-state index is 0.482.